The zero-order valence-corrected chi connectivity index (χ0v) is 15.1. The van der Waals surface area contributed by atoms with Crippen LogP contribution in [0.2, 0.25) is 0 Å². The predicted molar refractivity (Wildman–Crippen MR) is 102 cm³/mol. The van der Waals surface area contributed by atoms with Gasteiger partial charge in [-0.05, 0) is 55.5 Å². The van der Waals surface area contributed by atoms with E-state index in [1.54, 1.807) is 18.2 Å². The normalized spacial score (nSPS) is 14.5. The molecule has 138 valence electrons. The lowest BCUT2D eigenvalue weighted by atomic mass is 10.1. The summed E-state index contributed by atoms with van der Waals surface area (Å²) in [6.07, 6.45) is 3.30. The summed E-state index contributed by atoms with van der Waals surface area (Å²) in [4.78, 5) is 29.2. The number of rotatable bonds is 4. The van der Waals surface area contributed by atoms with Gasteiger partial charge in [0.05, 0.1) is 5.69 Å². The number of carbonyl (C=O) groups excluding carboxylic acids is 1. The van der Waals surface area contributed by atoms with Crippen molar-refractivity contribution >= 4 is 17.3 Å². The number of piperidine rings is 1. The van der Waals surface area contributed by atoms with Crippen LogP contribution < -0.4 is 15.8 Å². The van der Waals surface area contributed by atoms with E-state index in [1.807, 2.05) is 18.7 Å². The van der Waals surface area contributed by atoms with Gasteiger partial charge in [-0.25, -0.2) is 4.39 Å². The van der Waals surface area contributed by atoms with Crippen LogP contribution in [0.1, 0.15) is 55.1 Å². The van der Waals surface area contributed by atoms with Crippen molar-refractivity contribution in [2.24, 2.45) is 0 Å². The average Bonchev–Trinajstić information content (AvgIpc) is 2.62. The molecule has 2 heterocycles. The highest BCUT2D eigenvalue weighted by atomic mass is 19.1. The first kappa shape index (κ1) is 18.2. The number of H-pyrrole nitrogens is 1. The van der Waals surface area contributed by atoms with Gasteiger partial charge in [-0.3, -0.25) is 9.59 Å². The number of halogens is 1. The molecule has 1 aliphatic heterocycles. The van der Waals surface area contributed by atoms with Crippen LogP contribution in [0.15, 0.2) is 35.1 Å². The fraction of sp³-hybridized carbons (Fsp3) is 0.400. The molecule has 5 nitrogen and oxygen atoms in total. The standard InChI is InChI=1S/C20H24FN3O2/c1-13(2)17-8-7-15(20(26)23-17)19(25)22-14-6-9-18(16(21)12-14)24-10-4-3-5-11-24/h6-9,12-13H,3-5,10-11H2,1-2H3,(H,22,25)(H,23,26). The summed E-state index contributed by atoms with van der Waals surface area (Å²) in [6, 6.07) is 7.88. The van der Waals surface area contributed by atoms with Crippen molar-refractivity contribution in [3.63, 3.8) is 0 Å². The van der Waals surface area contributed by atoms with E-state index in [2.05, 4.69) is 10.3 Å². The zero-order chi connectivity index (χ0) is 18.7. The van der Waals surface area contributed by atoms with Crippen LogP contribution in [-0.2, 0) is 0 Å². The maximum Gasteiger partial charge on any atom is 0.261 e. The number of hydrogen-bond acceptors (Lipinski definition) is 3. The van der Waals surface area contributed by atoms with E-state index in [4.69, 9.17) is 0 Å². The first-order chi connectivity index (χ1) is 12.5. The maximum absolute atomic E-state index is 14.4. The highest BCUT2D eigenvalue weighted by Crippen LogP contribution is 2.26. The van der Waals surface area contributed by atoms with Gasteiger partial charge in [0.25, 0.3) is 11.5 Å². The number of anilines is 2. The van der Waals surface area contributed by atoms with Crippen LogP contribution in [0.4, 0.5) is 15.8 Å². The Morgan fingerprint density at radius 1 is 1.15 bits per heavy atom. The minimum Gasteiger partial charge on any atom is -0.369 e. The molecule has 3 rings (SSSR count). The lowest BCUT2D eigenvalue weighted by Gasteiger charge is -2.29. The fourth-order valence-corrected chi connectivity index (χ4v) is 3.18. The van der Waals surface area contributed by atoms with Crippen LogP contribution in [0.5, 0.6) is 0 Å². The first-order valence-corrected chi connectivity index (χ1v) is 9.05. The molecule has 1 saturated heterocycles. The molecule has 0 spiro atoms. The van der Waals surface area contributed by atoms with Crippen LogP contribution >= 0.6 is 0 Å². The van der Waals surface area contributed by atoms with Crippen LogP contribution in [-0.4, -0.2) is 24.0 Å². The monoisotopic (exact) mass is 357 g/mol. The molecule has 0 saturated carbocycles. The third-order valence-electron chi connectivity index (χ3n) is 4.70. The molecular formula is C20H24FN3O2. The van der Waals surface area contributed by atoms with Crippen molar-refractivity contribution in [2.45, 2.75) is 39.0 Å². The predicted octanol–water partition coefficient (Wildman–Crippen LogP) is 3.88. The number of pyridine rings is 1. The molecule has 1 fully saturated rings. The number of nitrogens with one attached hydrogen (secondary N) is 2. The van der Waals surface area contributed by atoms with E-state index >= 15 is 0 Å². The molecule has 1 amide bonds. The summed E-state index contributed by atoms with van der Waals surface area (Å²) in [5.41, 5.74) is 1.22. The third kappa shape index (κ3) is 3.95. The second-order valence-corrected chi connectivity index (χ2v) is 6.98. The number of aromatic nitrogens is 1. The van der Waals surface area contributed by atoms with Gasteiger partial charge >= 0.3 is 0 Å². The van der Waals surface area contributed by atoms with E-state index in [-0.39, 0.29) is 17.3 Å². The van der Waals surface area contributed by atoms with Crippen molar-refractivity contribution in [1.82, 2.24) is 4.98 Å². The molecule has 1 aromatic carbocycles. The number of hydrogen-bond donors (Lipinski definition) is 2. The van der Waals surface area contributed by atoms with Gasteiger partial charge in [-0.15, -0.1) is 0 Å². The fourth-order valence-electron chi connectivity index (χ4n) is 3.18. The minimum atomic E-state index is -0.549. The van der Waals surface area contributed by atoms with Gasteiger partial charge in [-0.1, -0.05) is 13.8 Å². The molecule has 0 aliphatic carbocycles. The van der Waals surface area contributed by atoms with E-state index in [1.165, 1.54) is 18.6 Å². The van der Waals surface area contributed by atoms with Crippen molar-refractivity contribution in [3.05, 3.63) is 57.8 Å². The molecule has 0 atom stereocenters. The average molecular weight is 357 g/mol. The van der Waals surface area contributed by atoms with Gasteiger partial charge in [0.2, 0.25) is 0 Å². The smallest absolute Gasteiger partial charge is 0.261 e. The summed E-state index contributed by atoms with van der Waals surface area (Å²) < 4.78 is 14.4. The quantitative estimate of drug-likeness (QED) is 0.873. The Hall–Kier alpha value is -2.63. The molecule has 1 aromatic heterocycles. The van der Waals surface area contributed by atoms with Gasteiger partial charge < -0.3 is 15.2 Å². The second kappa shape index (κ2) is 7.72. The number of aromatic amines is 1. The van der Waals surface area contributed by atoms with Gasteiger partial charge in [-0.2, -0.15) is 0 Å². The van der Waals surface area contributed by atoms with E-state index in [9.17, 15) is 14.0 Å². The van der Waals surface area contributed by atoms with Crippen molar-refractivity contribution in [2.75, 3.05) is 23.3 Å². The summed E-state index contributed by atoms with van der Waals surface area (Å²) in [5, 5.41) is 2.60. The first-order valence-electron chi connectivity index (χ1n) is 9.05. The van der Waals surface area contributed by atoms with E-state index in [0.717, 1.165) is 31.6 Å². The molecule has 0 radical (unpaired) electrons. The Bertz CT molecular complexity index is 854. The summed E-state index contributed by atoms with van der Waals surface area (Å²) in [7, 11) is 0. The number of amides is 1. The Morgan fingerprint density at radius 2 is 1.88 bits per heavy atom. The Balaban J connectivity index is 1.75. The van der Waals surface area contributed by atoms with Gasteiger partial charge in [0.15, 0.2) is 0 Å². The van der Waals surface area contributed by atoms with Crippen LogP contribution in [0.3, 0.4) is 0 Å². The molecule has 26 heavy (non-hydrogen) atoms. The highest BCUT2D eigenvalue weighted by molar-refractivity contribution is 6.04. The molecule has 1 aliphatic rings. The molecular weight excluding hydrogens is 333 g/mol. The van der Waals surface area contributed by atoms with Crippen LogP contribution in [0, 0.1) is 5.82 Å². The molecule has 0 unspecified atom stereocenters. The lowest BCUT2D eigenvalue weighted by Crippen LogP contribution is -2.30. The highest BCUT2D eigenvalue weighted by Gasteiger charge is 2.17. The third-order valence-corrected chi connectivity index (χ3v) is 4.70. The van der Waals surface area contributed by atoms with Crippen molar-refractivity contribution in [3.8, 4) is 0 Å². The van der Waals surface area contributed by atoms with Crippen molar-refractivity contribution < 1.29 is 9.18 Å². The Kier molecular flexibility index (Phi) is 5.40. The summed E-state index contributed by atoms with van der Waals surface area (Å²) >= 11 is 0. The summed E-state index contributed by atoms with van der Waals surface area (Å²) in [5.74, 6) is -0.753. The Morgan fingerprint density at radius 3 is 2.50 bits per heavy atom. The Labute approximate surface area is 152 Å². The molecule has 6 heteroatoms. The number of carbonyl (C=O) groups is 1. The maximum atomic E-state index is 14.4. The van der Waals surface area contributed by atoms with E-state index < -0.39 is 11.5 Å². The zero-order valence-electron chi connectivity index (χ0n) is 15.1. The number of nitrogens with zero attached hydrogens (tertiary/aromatic N) is 1. The van der Waals surface area contributed by atoms with Crippen molar-refractivity contribution in [1.29, 1.82) is 0 Å². The molecule has 2 aromatic rings. The minimum absolute atomic E-state index is 0.00918. The van der Waals surface area contributed by atoms with Gasteiger partial charge in [0, 0.05) is 24.5 Å². The SMILES string of the molecule is CC(C)c1ccc(C(=O)Nc2ccc(N3CCCCC3)c(F)c2)c(=O)[nH]1. The second-order valence-electron chi connectivity index (χ2n) is 6.98. The largest absolute Gasteiger partial charge is 0.369 e. The lowest BCUT2D eigenvalue weighted by molar-refractivity contribution is 0.102. The van der Waals surface area contributed by atoms with E-state index in [0.29, 0.717) is 11.4 Å². The molecule has 0 bridgehead atoms. The topological polar surface area (TPSA) is 65.2 Å². The van der Waals surface area contributed by atoms with Gasteiger partial charge in [0.1, 0.15) is 11.4 Å². The molecule has 2 N–H and O–H groups in total. The summed E-state index contributed by atoms with van der Waals surface area (Å²) in [6.45, 7) is 5.61. The number of benzene rings is 1. The van der Waals surface area contributed by atoms with Crippen LogP contribution in [0.25, 0.3) is 0 Å².